The maximum atomic E-state index is 13.1. The third-order valence-corrected chi connectivity index (χ3v) is 15.3. The van der Waals surface area contributed by atoms with E-state index in [0.717, 1.165) is 11.3 Å². The van der Waals surface area contributed by atoms with E-state index >= 15 is 0 Å². The van der Waals surface area contributed by atoms with Crippen molar-refractivity contribution in [2.45, 2.75) is 102 Å². The second-order valence-corrected chi connectivity index (χ2v) is 17.3. The SMILES string of the molecule is CC[Si](CC)(CC)O[C@H]1CCC[C@]2(C)[C@@H]([C@H](C)CC=S(N)(=O)c3ccccc3)CC[C@@H]12. The summed E-state index contributed by atoms with van der Waals surface area (Å²) in [5, 5.41) is 8.15. The molecule has 0 saturated heterocycles. The van der Waals surface area contributed by atoms with Gasteiger partial charge in [-0.3, -0.25) is 5.14 Å². The van der Waals surface area contributed by atoms with E-state index in [9.17, 15) is 4.21 Å². The second kappa shape index (κ2) is 10.1. The quantitative estimate of drug-likeness (QED) is 0.330. The number of hydrogen-bond acceptors (Lipinski definition) is 2. The van der Waals surface area contributed by atoms with Gasteiger partial charge in [0.2, 0.25) is 0 Å². The van der Waals surface area contributed by atoms with Crippen LogP contribution in [0.1, 0.15) is 73.1 Å². The molecule has 0 radical (unpaired) electrons. The van der Waals surface area contributed by atoms with Crippen molar-refractivity contribution in [3.63, 3.8) is 0 Å². The molecule has 3 rings (SSSR count). The molecule has 0 aliphatic heterocycles. The first-order valence-corrected chi connectivity index (χ1v) is 16.8. The smallest absolute Gasteiger partial charge is 0.192 e. The lowest BCUT2D eigenvalue weighted by Crippen LogP contribution is -2.48. The minimum absolute atomic E-state index is 0.341. The standard InChI is InChI=1S/C26H45NO2SSi/c1-6-31(7-2,8-3)29-25-15-12-19-26(5)23(16-17-24(25)26)21(4)18-20-30(27,28)22-13-10-9-11-14-22/h9-11,13-14,20-21,23-25H,6-8,12,15-19H2,1-5H3,(H2,27,28)/t21-,23-,24+,25+,26-,30?/m1/s1. The Balaban J connectivity index is 1.74. The Kier molecular flexibility index (Phi) is 8.15. The second-order valence-electron chi connectivity index (χ2n) is 10.4. The Morgan fingerprint density at radius 2 is 1.81 bits per heavy atom. The average Bonchev–Trinajstić information content (AvgIpc) is 3.14. The maximum Gasteiger partial charge on any atom is 0.192 e. The molecule has 6 atom stereocenters. The largest absolute Gasteiger partial charge is 0.414 e. The Morgan fingerprint density at radius 3 is 2.42 bits per heavy atom. The Labute approximate surface area is 192 Å². The van der Waals surface area contributed by atoms with Gasteiger partial charge < -0.3 is 4.43 Å². The molecule has 0 spiro atoms. The van der Waals surface area contributed by atoms with Crippen LogP contribution in [0.25, 0.3) is 0 Å². The molecule has 3 nitrogen and oxygen atoms in total. The van der Waals surface area contributed by atoms with Gasteiger partial charge in [-0.25, -0.2) is 4.21 Å². The molecule has 2 aliphatic carbocycles. The number of rotatable bonds is 9. The topological polar surface area (TPSA) is 52.3 Å². The predicted molar refractivity (Wildman–Crippen MR) is 137 cm³/mol. The van der Waals surface area contributed by atoms with Crippen LogP contribution in [0.2, 0.25) is 18.1 Å². The highest BCUT2D eigenvalue weighted by Crippen LogP contribution is 2.59. The van der Waals surface area contributed by atoms with Gasteiger partial charge in [-0.1, -0.05) is 59.2 Å². The molecule has 1 aromatic rings. The van der Waals surface area contributed by atoms with E-state index in [1.165, 1.54) is 50.2 Å². The normalized spacial score (nSPS) is 31.6. The van der Waals surface area contributed by atoms with Gasteiger partial charge in [0.25, 0.3) is 0 Å². The van der Waals surface area contributed by atoms with Crippen LogP contribution in [0.3, 0.4) is 0 Å². The van der Waals surface area contributed by atoms with Gasteiger partial charge in [-0.2, -0.15) is 0 Å². The molecule has 2 N–H and O–H groups in total. The van der Waals surface area contributed by atoms with E-state index in [1.54, 1.807) is 0 Å². The van der Waals surface area contributed by atoms with Gasteiger partial charge in [0.1, 0.15) is 0 Å². The number of benzene rings is 1. The van der Waals surface area contributed by atoms with Gasteiger partial charge in [-0.15, -0.1) is 0 Å². The summed E-state index contributed by atoms with van der Waals surface area (Å²) in [6.45, 7) is 11.9. The first-order valence-electron chi connectivity index (χ1n) is 12.6. The molecule has 0 amide bonds. The minimum Gasteiger partial charge on any atom is -0.414 e. The number of fused-ring (bicyclic) bond motifs is 1. The predicted octanol–water partition coefficient (Wildman–Crippen LogP) is 6.64. The van der Waals surface area contributed by atoms with Crippen molar-refractivity contribution >= 4 is 23.4 Å². The lowest BCUT2D eigenvalue weighted by molar-refractivity contribution is -0.0185. The van der Waals surface area contributed by atoms with Crippen LogP contribution in [0.4, 0.5) is 0 Å². The zero-order chi connectivity index (χ0) is 22.7. The zero-order valence-electron chi connectivity index (χ0n) is 20.4. The molecule has 0 bridgehead atoms. The molecule has 5 heteroatoms. The lowest BCUT2D eigenvalue weighted by Gasteiger charge is -2.48. The van der Waals surface area contributed by atoms with Gasteiger partial charge in [0, 0.05) is 11.0 Å². The maximum absolute atomic E-state index is 13.1. The summed E-state index contributed by atoms with van der Waals surface area (Å²) in [5.74, 6) is 1.83. The third kappa shape index (κ3) is 5.15. The van der Waals surface area contributed by atoms with Crippen LogP contribution in [0, 0.1) is 23.2 Å². The van der Waals surface area contributed by atoms with E-state index in [1.807, 2.05) is 35.7 Å². The van der Waals surface area contributed by atoms with Crippen molar-refractivity contribution < 1.29 is 8.63 Å². The number of nitrogens with two attached hydrogens (primary N) is 1. The minimum atomic E-state index is -2.57. The monoisotopic (exact) mass is 463 g/mol. The summed E-state index contributed by atoms with van der Waals surface area (Å²) < 4.78 is 20.2. The van der Waals surface area contributed by atoms with Crippen molar-refractivity contribution in [1.82, 2.24) is 0 Å². The highest BCUT2D eigenvalue weighted by molar-refractivity contribution is 7.99. The van der Waals surface area contributed by atoms with Crippen molar-refractivity contribution in [3.8, 4) is 0 Å². The summed E-state index contributed by atoms with van der Waals surface area (Å²) >= 11 is 0. The highest BCUT2D eigenvalue weighted by Gasteiger charge is 2.53. The molecule has 2 aliphatic rings. The van der Waals surface area contributed by atoms with E-state index < -0.39 is 18.0 Å². The van der Waals surface area contributed by atoms with Crippen molar-refractivity contribution in [2.75, 3.05) is 0 Å². The molecule has 31 heavy (non-hydrogen) atoms. The van der Waals surface area contributed by atoms with Crippen LogP contribution < -0.4 is 5.14 Å². The molecule has 1 unspecified atom stereocenters. The van der Waals surface area contributed by atoms with E-state index in [-0.39, 0.29) is 0 Å². The van der Waals surface area contributed by atoms with E-state index in [0.29, 0.717) is 29.3 Å². The molecular weight excluding hydrogens is 418 g/mol. The summed E-state index contributed by atoms with van der Waals surface area (Å²) in [7, 11) is -4.16. The molecule has 1 aromatic carbocycles. The van der Waals surface area contributed by atoms with Crippen LogP contribution in [-0.4, -0.2) is 24.0 Å². The fraction of sp³-hybridized carbons (Fsp3) is 0.731. The lowest BCUT2D eigenvalue weighted by atomic mass is 9.61. The summed E-state index contributed by atoms with van der Waals surface area (Å²) in [4.78, 5) is 0.740. The highest BCUT2D eigenvalue weighted by atomic mass is 32.2. The third-order valence-electron chi connectivity index (χ3n) is 8.98. The van der Waals surface area contributed by atoms with Crippen molar-refractivity contribution in [2.24, 2.45) is 28.3 Å². The molecular formula is C26H45NO2SSi. The molecule has 0 aromatic heterocycles. The molecule has 2 fully saturated rings. The Morgan fingerprint density at radius 1 is 1.16 bits per heavy atom. The summed E-state index contributed by atoms with van der Waals surface area (Å²) in [6.07, 6.45) is 7.66. The first kappa shape index (κ1) is 25.0. The Hall–Kier alpha value is -0.623. The number of hydrogen-bond donors (Lipinski definition) is 1. The Bertz CT molecular complexity index is 823. The van der Waals surface area contributed by atoms with Crippen LogP contribution in [0.15, 0.2) is 35.2 Å². The van der Waals surface area contributed by atoms with E-state index in [2.05, 4.69) is 34.6 Å². The average molecular weight is 464 g/mol. The van der Waals surface area contributed by atoms with Gasteiger partial charge in [0.15, 0.2) is 8.32 Å². The van der Waals surface area contributed by atoms with Crippen LogP contribution in [-0.2, 0) is 14.1 Å². The fourth-order valence-electron chi connectivity index (χ4n) is 6.75. The summed E-state index contributed by atoms with van der Waals surface area (Å²) in [5.41, 5.74) is 0.341. The van der Waals surface area contributed by atoms with Gasteiger partial charge >= 0.3 is 0 Å². The first-order chi connectivity index (χ1) is 14.7. The molecule has 0 heterocycles. The van der Waals surface area contributed by atoms with Gasteiger partial charge in [-0.05, 0) is 90.9 Å². The molecule has 2 saturated carbocycles. The van der Waals surface area contributed by atoms with Crippen molar-refractivity contribution in [3.05, 3.63) is 30.3 Å². The summed E-state index contributed by atoms with van der Waals surface area (Å²) in [6, 6.07) is 13.2. The zero-order valence-corrected chi connectivity index (χ0v) is 22.3. The van der Waals surface area contributed by atoms with Crippen LogP contribution in [0.5, 0.6) is 0 Å². The van der Waals surface area contributed by atoms with E-state index in [4.69, 9.17) is 9.56 Å². The fourth-order valence-corrected chi connectivity index (χ4v) is 11.0. The van der Waals surface area contributed by atoms with Gasteiger partial charge in [0.05, 0.1) is 9.71 Å². The van der Waals surface area contributed by atoms with Crippen molar-refractivity contribution in [1.29, 1.82) is 0 Å². The molecule has 176 valence electrons. The van der Waals surface area contributed by atoms with Crippen LogP contribution >= 0.6 is 0 Å².